The van der Waals surface area contributed by atoms with Crippen LogP contribution in [0.15, 0.2) is 77.7 Å². The van der Waals surface area contributed by atoms with Gasteiger partial charge in [-0.15, -0.1) is 0 Å². The van der Waals surface area contributed by atoms with Crippen molar-refractivity contribution in [2.45, 2.75) is 51.6 Å². The van der Waals surface area contributed by atoms with Gasteiger partial charge in [-0.25, -0.2) is 8.42 Å². The van der Waals surface area contributed by atoms with E-state index >= 15 is 0 Å². The van der Waals surface area contributed by atoms with Gasteiger partial charge in [-0.05, 0) is 68.1 Å². The van der Waals surface area contributed by atoms with E-state index in [1.165, 1.54) is 24.1 Å². The van der Waals surface area contributed by atoms with Crippen LogP contribution in [0.4, 0.5) is 5.69 Å². The average Bonchev–Trinajstić information content (AvgIpc) is 2.87. The molecule has 0 saturated heterocycles. The van der Waals surface area contributed by atoms with Gasteiger partial charge in [-0.2, -0.15) is 0 Å². The zero-order chi connectivity index (χ0) is 27.2. The molecule has 2 amide bonds. The SMILES string of the molecule is CC[C@@H](C(=O)NC)N(Cc1ccc(C)cc1)C(=O)CN(c1cc(C)cc(C)c1)S(=O)(=O)c1ccccc1. The van der Waals surface area contributed by atoms with Gasteiger partial charge in [-0.3, -0.25) is 13.9 Å². The fourth-order valence-corrected chi connectivity index (χ4v) is 5.74. The lowest BCUT2D eigenvalue weighted by atomic mass is 10.1. The first-order chi connectivity index (χ1) is 17.6. The fourth-order valence-electron chi connectivity index (χ4n) is 4.32. The Kier molecular flexibility index (Phi) is 9.10. The molecule has 0 aliphatic carbocycles. The van der Waals surface area contributed by atoms with Crippen LogP contribution in [-0.4, -0.2) is 44.8 Å². The fraction of sp³-hybridized carbons (Fsp3) is 0.310. The number of hydrogen-bond donors (Lipinski definition) is 1. The van der Waals surface area contributed by atoms with E-state index < -0.39 is 28.5 Å². The highest BCUT2D eigenvalue weighted by Crippen LogP contribution is 2.27. The lowest BCUT2D eigenvalue weighted by Crippen LogP contribution is -2.51. The first-order valence-corrected chi connectivity index (χ1v) is 13.7. The molecule has 0 unspecified atom stereocenters. The molecule has 0 spiro atoms. The van der Waals surface area contributed by atoms with Crippen LogP contribution in [0.1, 0.15) is 35.6 Å². The van der Waals surface area contributed by atoms with Crippen molar-refractivity contribution in [2.24, 2.45) is 0 Å². The van der Waals surface area contributed by atoms with Crippen LogP contribution in [0.3, 0.4) is 0 Å². The molecule has 3 aromatic rings. The van der Waals surface area contributed by atoms with Crippen LogP contribution in [-0.2, 0) is 26.2 Å². The van der Waals surface area contributed by atoms with Crippen molar-refractivity contribution < 1.29 is 18.0 Å². The summed E-state index contributed by atoms with van der Waals surface area (Å²) >= 11 is 0. The Balaban J connectivity index is 2.07. The Bertz CT molecular complexity index is 1320. The van der Waals surface area contributed by atoms with E-state index in [9.17, 15) is 18.0 Å². The summed E-state index contributed by atoms with van der Waals surface area (Å²) < 4.78 is 28.8. The molecule has 8 heteroatoms. The van der Waals surface area contributed by atoms with Crippen molar-refractivity contribution in [3.63, 3.8) is 0 Å². The lowest BCUT2D eigenvalue weighted by molar-refractivity contribution is -0.140. The van der Waals surface area contributed by atoms with Crippen molar-refractivity contribution in [3.8, 4) is 0 Å². The van der Waals surface area contributed by atoms with Gasteiger partial charge >= 0.3 is 0 Å². The predicted octanol–water partition coefficient (Wildman–Crippen LogP) is 4.36. The highest BCUT2D eigenvalue weighted by molar-refractivity contribution is 7.92. The van der Waals surface area contributed by atoms with Crippen molar-refractivity contribution in [1.82, 2.24) is 10.2 Å². The van der Waals surface area contributed by atoms with Gasteiger partial charge in [-0.1, -0.05) is 61.0 Å². The standard InChI is InChI=1S/C29H35N3O4S/c1-6-27(29(34)30-5)31(19-24-14-12-21(2)13-15-24)28(33)20-32(25-17-22(3)16-23(4)18-25)37(35,36)26-10-8-7-9-11-26/h7-18,27H,6,19-20H2,1-5H3,(H,30,34)/t27-/m0/s1. The molecule has 0 fully saturated rings. The number of nitrogens with zero attached hydrogens (tertiary/aromatic N) is 2. The number of rotatable bonds is 10. The zero-order valence-corrected chi connectivity index (χ0v) is 22.9. The summed E-state index contributed by atoms with van der Waals surface area (Å²) in [6, 6.07) is 20.5. The summed E-state index contributed by atoms with van der Waals surface area (Å²) in [5, 5.41) is 2.64. The summed E-state index contributed by atoms with van der Waals surface area (Å²) in [6.45, 7) is 7.30. The molecule has 3 aromatic carbocycles. The maximum absolute atomic E-state index is 13.9. The minimum atomic E-state index is -4.07. The number of hydrogen-bond acceptors (Lipinski definition) is 4. The highest BCUT2D eigenvalue weighted by atomic mass is 32.2. The van der Waals surface area contributed by atoms with Crippen LogP contribution in [0.2, 0.25) is 0 Å². The van der Waals surface area contributed by atoms with Crippen LogP contribution in [0.5, 0.6) is 0 Å². The zero-order valence-electron chi connectivity index (χ0n) is 22.1. The van der Waals surface area contributed by atoms with Gasteiger partial charge in [0.1, 0.15) is 12.6 Å². The van der Waals surface area contributed by atoms with E-state index in [1.807, 2.05) is 58.0 Å². The van der Waals surface area contributed by atoms with Gasteiger partial charge in [0.05, 0.1) is 10.6 Å². The molecule has 37 heavy (non-hydrogen) atoms. The molecule has 1 atom stereocenters. The maximum Gasteiger partial charge on any atom is 0.264 e. The minimum absolute atomic E-state index is 0.0883. The molecule has 3 rings (SSSR count). The molecule has 0 bridgehead atoms. The lowest BCUT2D eigenvalue weighted by Gasteiger charge is -2.33. The molecule has 0 aromatic heterocycles. The van der Waals surface area contributed by atoms with Gasteiger partial charge in [0.2, 0.25) is 11.8 Å². The first-order valence-electron chi connectivity index (χ1n) is 12.3. The number of amides is 2. The smallest absolute Gasteiger partial charge is 0.264 e. The van der Waals surface area contributed by atoms with Gasteiger partial charge in [0, 0.05) is 13.6 Å². The summed E-state index contributed by atoms with van der Waals surface area (Å²) in [7, 11) is -2.54. The normalized spacial score (nSPS) is 12.0. The van der Waals surface area contributed by atoms with Gasteiger partial charge in [0.25, 0.3) is 10.0 Å². The summed E-state index contributed by atoms with van der Waals surface area (Å²) in [4.78, 5) is 28.2. The monoisotopic (exact) mass is 521 g/mol. The Morgan fingerprint density at radius 3 is 2.00 bits per heavy atom. The number of likely N-dealkylation sites (N-methyl/N-ethyl adjacent to an activating group) is 1. The van der Waals surface area contributed by atoms with Crippen molar-refractivity contribution in [1.29, 1.82) is 0 Å². The molecule has 7 nitrogen and oxygen atoms in total. The van der Waals surface area contributed by atoms with Gasteiger partial charge in [0.15, 0.2) is 0 Å². The van der Waals surface area contributed by atoms with E-state index in [2.05, 4.69) is 5.32 Å². The molecule has 1 N–H and O–H groups in total. The number of benzene rings is 3. The van der Waals surface area contributed by atoms with Crippen LogP contribution in [0.25, 0.3) is 0 Å². The van der Waals surface area contributed by atoms with E-state index in [1.54, 1.807) is 30.3 Å². The highest BCUT2D eigenvalue weighted by Gasteiger charge is 2.33. The maximum atomic E-state index is 13.9. The van der Waals surface area contributed by atoms with Crippen molar-refractivity contribution >= 4 is 27.5 Å². The number of aryl methyl sites for hydroxylation is 3. The molecule has 0 aliphatic heterocycles. The largest absolute Gasteiger partial charge is 0.357 e. The van der Waals surface area contributed by atoms with Gasteiger partial charge < -0.3 is 10.2 Å². The third kappa shape index (κ3) is 6.77. The average molecular weight is 522 g/mol. The second-order valence-electron chi connectivity index (χ2n) is 9.22. The quantitative estimate of drug-likeness (QED) is 0.430. The number of anilines is 1. The number of carbonyl (C=O) groups excluding carboxylic acids is 2. The molecular weight excluding hydrogens is 486 g/mol. The summed E-state index contributed by atoms with van der Waals surface area (Å²) in [6.07, 6.45) is 0.381. The molecular formula is C29H35N3O4S. The van der Waals surface area contributed by atoms with Crippen LogP contribution in [0, 0.1) is 20.8 Å². The molecule has 0 aliphatic rings. The van der Waals surface area contributed by atoms with Crippen LogP contribution >= 0.6 is 0 Å². The molecule has 0 saturated carbocycles. The Morgan fingerprint density at radius 1 is 0.865 bits per heavy atom. The molecule has 0 heterocycles. The Morgan fingerprint density at radius 2 is 1.46 bits per heavy atom. The second kappa shape index (κ2) is 12.1. The number of sulfonamides is 1. The van der Waals surface area contributed by atoms with E-state index in [4.69, 9.17) is 0 Å². The Hall–Kier alpha value is -3.65. The predicted molar refractivity (Wildman–Crippen MR) is 147 cm³/mol. The van der Waals surface area contributed by atoms with Crippen molar-refractivity contribution in [2.75, 3.05) is 17.9 Å². The second-order valence-corrected chi connectivity index (χ2v) is 11.1. The third-order valence-corrected chi connectivity index (χ3v) is 8.00. The summed E-state index contributed by atoms with van der Waals surface area (Å²) in [5.74, 6) is -0.762. The Labute approximate surface area is 220 Å². The van der Waals surface area contributed by atoms with E-state index in [-0.39, 0.29) is 17.3 Å². The number of nitrogens with one attached hydrogen (secondary N) is 1. The third-order valence-electron chi connectivity index (χ3n) is 6.21. The summed E-state index contributed by atoms with van der Waals surface area (Å²) in [5.41, 5.74) is 4.09. The van der Waals surface area contributed by atoms with E-state index in [0.717, 1.165) is 26.6 Å². The molecule has 0 radical (unpaired) electrons. The number of carbonyl (C=O) groups is 2. The minimum Gasteiger partial charge on any atom is -0.357 e. The van der Waals surface area contributed by atoms with Crippen LogP contribution < -0.4 is 9.62 Å². The van der Waals surface area contributed by atoms with Crippen molar-refractivity contribution in [3.05, 3.63) is 95.1 Å². The first kappa shape index (κ1) is 27.9. The van der Waals surface area contributed by atoms with E-state index in [0.29, 0.717) is 12.1 Å². The molecule has 196 valence electrons. The topological polar surface area (TPSA) is 86.8 Å².